The Labute approximate surface area is 226 Å². The average Bonchev–Trinajstić information content (AvgIpc) is 2.85. The second-order valence-corrected chi connectivity index (χ2v) is 10.9. The van der Waals surface area contributed by atoms with Gasteiger partial charge in [-0.1, -0.05) is 168 Å². The third-order valence-electron chi connectivity index (χ3n) is 7.05. The van der Waals surface area contributed by atoms with Gasteiger partial charge in [-0.25, -0.2) is 0 Å². The molecule has 0 saturated heterocycles. The Bertz CT molecular complexity index is 400. The van der Waals surface area contributed by atoms with Crippen LogP contribution in [0.1, 0.15) is 194 Å². The Kier molecular flexibility index (Phi) is 35.0. The van der Waals surface area contributed by atoms with Crippen molar-refractivity contribution in [3.8, 4) is 0 Å². The Balaban J connectivity index is 0. The predicted molar refractivity (Wildman–Crippen MR) is 159 cm³/mol. The minimum absolute atomic E-state index is 0.155. The molecule has 4 N–H and O–H groups in total. The van der Waals surface area contributed by atoms with Gasteiger partial charge in [-0.3, -0.25) is 9.59 Å². The molecule has 0 rings (SSSR count). The molecule has 0 spiro atoms. The van der Waals surface area contributed by atoms with E-state index in [0.29, 0.717) is 12.8 Å². The molecule has 0 unspecified atom stereocenters. The van der Waals surface area contributed by atoms with Crippen LogP contribution in [0.15, 0.2) is 0 Å². The van der Waals surface area contributed by atoms with Crippen LogP contribution in [0.5, 0.6) is 0 Å². The lowest BCUT2D eigenvalue weighted by Crippen LogP contribution is -2.09. The smallest absolute Gasteiger partial charge is 0.217 e. The monoisotopic (exact) mass is 511 g/mol. The highest BCUT2D eigenvalue weighted by molar-refractivity contribution is 5.73. The van der Waals surface area contributed by atoms with Crippen LogP contribution < -0.4 is 11.5 Å². The van der Waals surface area contributed by atoms with Gasteiger partial charge in [-0.05, 0) is 12.8 Å². The van der Waals surface area contributed by atoms with Crippen molar-refractivity contribution in [2.24, 2.45) is 11.5 Å². The van der Waals surface area contributed by atoms with Crippen molar-refractivity contribution < 1.29 is 9.59 Å². The third kappa shape index (κ3) is 40.1. The fourth-order valence-corrected chi connectivity index (χ4v) is 4.63. The molecule has 0 bridgehead atoms. The van der Waals surface area contributed by atoms with Crippen molar-refractivity contribution in [1.29, 1.82) is 0 Å². The minimum Gasteiger partial charge on any atom is -0.370 e. The standard InChI is InChI=1S/2C16H33NO/c2*1-2-3-4-5-6-7-8-9-10-11-12-13-14-15-16(17)18/h2*2-15H2,1H3,(H2,17,18). The highest BCUT2D eigenvalue weighted by Crippen LogP contribution is 2.14. The summed E-state index contributed by atoms with van der Waals surface area (Å²) in [7, 11) is 0. The molecule has 0 heterocycles. The highest BCUT2D eigenvalue weighted by atomic mass is 16.1. The maximum absolute atomic E-state index is 10.5. The second kappa shape index (κ2) is 33.9. The first-order chi connectivity index (χ1) is 17.5. The van der Waals surface area contributed by atoms with Gasteiger partial charge in [0.05, 0.1) is 0 Å². The van der Waals surface area contributed by atoms with Crippen LogP contribution >= 0.6 is 0 Å². The Hall–Kier alpha value is -1.06. The summed E-state index contributed by atoms with van der Waals surface area (Å²) in [4.78, 5) is 21.0. The van der Waals surface area contributed by atoms with E-state index in [-0.39, 0.29) is 11.8 Å². The zero-order chi connectivity index (χ0) is 27.0. The molecule has 0 radical (unpaired) electrons. The average molecular weight is 511 g/mol. The van der Waals surface area contributed by atoms with Crippen LogP contribution in [-0.2, 0) is 9.59 Å². The molecule has 2 amide bonds. The van der Waals surface area contributed by atoms with Crippen LogP contribution in [0.25, 0.3) is 0 Å². The van der Waals surface area contributed by atoms with Gasteiger partial charge in [0.15, 0.2) is 0 Å². The van der Waals surface area contributed by atoms with Gasteiger partial charge >= 0.3 is 0 Å². The number of carbonyl (C=O) groups is 2. The summed E-state index contributed by atoms with van der Waals surface area (Å²) < 4.78 is 0. The van der Waals surface area contributed by atoms with Crippen molar-refractivity contribution in [2.45, 2.75) is 194 Å². The molecule has 0 fully saturated rings. The SMILES string of the molecule is CCCCCCCCCCCCCCCC(N)=O.CCCCCCCCCCCCCCCC(N)=O. The maximum Gasteiger partial charge on any atom is 0.217 e. The molecular weight excluding hydrogens is 444 g/mol. The van der Waals surface area contributed by atoms with Gasteiger partial charge in [0.2, 0.25) is 11.8 Å². The number of hydrogen-bond acceptors (Lipinski definition) is 2. The second-order valence-electron chi connectivity index (χ2n) is 10.9. The molecule has 0 aliphatic heterocycles. The zero-order valence-corrected chi connectivity index (χ0v) is 24.8. The lowest BCUT2D eigenvalue weighted by molar-refractivity contribution is -0.119. The first kappa shape index (κ1) is 37.1. The van der Waals surface area contributed by atoms with Gasteiger partial charge in [0, 0.05) is 12.8 Å². The molecule has 36 heavy (non-hydrogen) atoms. The van der Waals surface area contributed by atoms with Crippen molar-refractivity contribution in [3.05, 3.63) is 0 Å². The van der Waals surface area contributed by atoms with Crippen molar-refractivity contribution in [3.63, 3.8) is 0 Å². The quantitative estimate of drug-likeness (QED) is 0.103. The van der Waals surface area contributed by atoms with Gasteiger partial charge < -0.3 is 11.5 Å². The van der Waals surface area contributed by atoms with Crippen LogP contribution in [0.3, 0.4) is 0 Å². The lowest BCUT2D eigenvalue weighted by Gasteiger charge is -2.02. The van der Waals surface area contributed by atoms with Gasteiger partial charge in [0.25, 0.3) is 0 Å². The van der Waals surface area contributed by atoms with Crippen molar-refractivity contribution in [1.82, 2.24) is 0 Å². The lowest BCUT2D eigenvalue weighted by atomic mass is 10.0. The van der Waals surface area contributed by atoms with E-state index in [4.69, 9.17) is 11.5 Å². The zero-order valence-electron chi connectivity index (χ0n) is 24.8. The van der Waals surface area contributed by atoms with E-state index in [0.717, 1.165) is 12.8 Å². The maximum atomic E-state index is 10.5. The number of rotatable bonds is 28. The van der Waals surface area contributed by atoms with E-state index in [2.05, 4.69) is 13.8 Å². The summed E-state index contributed by atoms with van der Waals surface area (Å²) in [5, 5.41) is 0. The third-order valence-corrected chi connectivity index (χ3v) is 7.05. The van der Waals surface area contributed by atoms with E-state index in [1.165, 1.54) is 154 Å². The highest BCUT2D eigenvalue weighted by Gasteiger charge is 1.97. The van der Waals surface area contributed by atoms with Crippen LogP contribution in [0.4, 0.5) is 0 Å². The summed E-state index contributed by atoms with van der Waals surface area (Å²) in [6.45, 7) is 4.53. The molecule has 216 valence electrons. The fraction of sp³-hybridized carbons (Fsp3) is 0.938. The molecule has 0 aromatic carbocycles. The van der Waals surface area contributed by atoms with E-state index < -0.39 is 0 Å². The van der Waals surface area contributed by atoms with Crippen molar-refractivity contribution in [2.75, 3.05) is 0 Å². The predicted octanol–water partition coefficient (Wildman–Crippen LogP) is 9.91. The molecule has 0 saturated carbocycles. The molecule has 4 heteroatoms. The largest absolute Gasteiger partial charge is 0.370 e. The van der Waals surface area contributed by atoms with Gasteiger partial charge in [-0.2, -0.15) is 0 Å². The molecule has 0 aliphatic carbocycles. The van der Waals surface area contributed by atoms with E-state index in [1.54, 1.807) is 0 Å². The number of amides is 2. The molecule has 0 atom stereocenters. The number of primary amides is 2. The number of hydrogen-bond donors (Lipinski definition) is 2. The summed E-state index contributed by atoms with van der Waals surface area (Å²) in [6.07, 6.45) is 35.9. The molecule has 0 aromatic rings. The molecule has 4 nitrogen and oxygen atoms in total. The fourth-order valence-electron chi connectivity index (χ4n) is 4.63. The van der Waals surface area contributed by atoms with Crippen molar-refractivity contribution >= 4 is 11.8 Å². The Morgan fingerprint density at radius 2 is 0.500 bits per heavy atom. The summed E-state index contributed by atoms with van der Waals surface area (Å²) in [5.74, 6) is -0.309. The molecular formula is C32H66N2O2. The summed E-state index contributed by atoms with van der Waals surface area (Å²) in [5.41, 5.74) is 10.2. The van der Waals surface area contributed by atoms with E-state index >= 15 is 0 Å². The topological polar surface area (TPSA) is 86.2 Å². The van der Waals surface area contributed by atoms with E-state index in [1.807, 2.05) is 0 Å². The van der Waals surface area contributed by atoms with Crippen LogP contribution in [0.2, 0.25) is 0 Å². The number of unbranched alkanes of at least 4 members (excludes halogenated alkanes) is 24. The summed E-state index contributed by atoms with van der Waals surface area (Å²) >= 11 is 0. The summed E-state index contributed by atoms with van der Waals surface area (Å²) in [6, 6.07) is 0. The molecule has 0 aliphatic rings. The number of nitrogens with two attached hydrogens (primary N) is 2. The number of carbonyl (C=O) groups excluding carboxylic acids is 2. The normalized spacial score (nSPS) is 10.7. The van der Waals surface area contributed by atoms with E-state index in [9.17, 15) is 9.59 Å². The minimum atomic E-state index is -0.155. The Morgan fingerprint density at radius 3 is 0.667 bits per heavy atom. The van der Waals surface area contributed by atoms with Crippen LogP contribution in [0, 0.1) is 0 Å². The first-order valence-electron chi connectivity index (χ1n) is 16.1. The van der Waals surface area contributed by atoms with Gasteiger partial charge in [-0.15, -0.1) is 0 Å². The molecule has 0 aromatic heterocycles. The first-order valence-corrected chi connectivity index (χ1v) is 16.1. The van der Waals surface area contributed by atoms with Crippen LogP contribution in [-0.4, -0.2) is 11.8 Å². The Morgan fingerprint density at radius 1 is 0.333 bits per heavy atom. The van der Waals surface area contributed by atoms with Gasteiger partial charge in [0.1, 0.15) is 0 Å².